The third-order valence-corrected chi connectivity index (χ3v) is 4.00. The topological polar surface area (TPSA) is 65.0 Å². The summed E-state index contributed by atoms with van der Waals surface area (Å²) in [5.41, 5.74) is 0. The lowest BCUT2D eigenvalue weighted by Gasteiger charge is -2.32. The lowest BCUT2D eigenvalue weighted by molar-refractivity contribution is -0.139. The number of rotatable bonds is 6. The number of carboxylic acids is 1. The van der Waals surface area contributed by atoms with Gasteiger partial charge in [0.05, 0.1) is 13.2 Å². The van der Waals surface area contributed by atoms with Crippen LogP contribution in [0.25, 0.3) is 0 Å². The molecular formula is C13H25N3O3. The molecule has 2 N–H and O–H groups in total. The molecule has 19 heavy (non-hydrogen) atoms. The molecule has 0 radical (unpaired) electrons. The fraction of sp³-hybridized carbons (Fsp3) is 0.923. The van der Waals surface area contributed by atoms with E-state index in [2.05, 4.69) is 15.1 Å². The first-order chi connectivity index (χ1) is 9.20. The van der Waals surface area contributed by atoms with E-state index in [9.17, 15) is 4.79 Å². The monoisotopic (exact) mass is 271 g/mol. The van der Waals surface area contributed by atoms with E-state index in [0.717, 1.165) is 45.8 Å². The van der Waals surface area contributed by atoms with Crippen LogP contribution < -0.4 is 5.32 Å². The van der Waals surface area contributed by atoms with E-state index in [1.807, 2.05) is 6.92 Å². The Balaban J connectivity index is 1.78. The van der Waals surface area contributed by atoms with Gasteiger partial charge in [0, 0.05) is 32.2 Å². The molecule has 0 aromatic carbocycles. The SMILES string of the molecule is CCNC(CN1CCC(N2CCOCC2)C1)C(=O)O. The molecule has 2 saturated heterocycles. The highest BCUT2D eigenvalue weighted by molar-refractivity contribution is 5.73. The summed E-state index contributed by atoms with van der Waals surface area (Å²) in [6.45, 7) is 8.88. The standard InChI is InChI=1S/C13H25N3O3/c1-2-14-12(13(17)18)10-15-4-3-11(9-15)16-5-7-19-8-6-16/h11-12,14H,2-10H2,1H3,(H,17,18). The van der Waals surface area contributed by atoms with Crippen molar-refractivity contribution in [1.29, 1.82) is 0 Å². The molecule has 0 saturated carbocycles. The number of carboxylic acid groups (broad SMARTS) is 1. The molecule has 110 valence electrons. The molecule has 2 heterocycles. The number of ether oxygens (including phenoxy) is 1. The van der Waals surface area contributed by atoms with E-state index in [-0.39, 0.29) is 0 Å². The van der Waals surface area contributed by atoms with Gasteiger partial charge < -0.3 is 15.2 Å². The van der Waals surface area contributed by atoms with Crippen LogP contribution in [0.5, 0.6) is 0 Å². The third kappa shape index (κ3) is 4.14. The number of likely N-dealkylation sites (tertiary alicyclic amines) is 1. The number of likely N-dealkylation sites (N-methyl/N-ethyl adjacent to an activating group) is 1. The van der Waals surface area contributed by atoms with Gasteiger partial charge in [0.1, 0.15) is 6.04 Å². The quantitative estimate of drug-likeness (QED) is 0.676. The number of carbonyl (C=O) groups is 1. The second-order valence-corrected chi connectivity index (χ2v) is 5.30. The highest BCUT2D eigenvalue weighted by Gasteiger charge is 2.30. The number of morpholine rings is 1. The van der Waals surface area contributed by atoms with Crippen molar-refractivity contribution < 1.29 is 14.6 Å². The molecule has 6 heteroatoms. The van der Waals surface area contributed by atoms with Crippen LogP contribution in [0.4, 0.5) is 0 Å². The Morgan fingerprint density at radius 3 is 2.79 bits per heavy atom. The maximum atomic E-state index is 11.1. The molecule has 0 spiro atoms. The number of aliphatic carboxylic acids is 1. The van der Waals surface area contributed by atoms with Crippen LogP contribution in [0, 0.1) is 0 Å². The van der Waals surface area contributed by atoms with E-state index >= 15 is 0 Å². The van der Waals surface area contributed by atoms with Gasteiger partial charge in [-0.3, -0.25) is 14.6 Å². The van der Waals surface area contributed by atoms with Crippen LogP contribution in [0.15, 0.2) is 0 Å². The molecule has 0 aliphatic carbocycles. The molecular weight excluding hydrogens is 246 g/mol. The molecule has 0 aromatic rings. The van der Waals surface area contributed by atoms with Crippen molar-refractivity contribution in [3.8, 4) is 0 Å². The Labute approximate surface area is 114 Å². The van der Waals surface area contributed by atoms with Crippen molar-refractivity contribution in [1.82, 2.24) is 15.1 Å². The average molecular weight is 271 g/mol. The zero-order valence-electron chi connectivity index (χ0n) is 11.7. The molecule has 0 bridgehead atoms. The summed E-state index contributed by atoms with van der Waals surface area (Å²) in [7, 11) is 0. The van der Waals surface area contributed by atoms with Gasteiger partial charge in [-0.25, -0.2) is 0 Å². The predicted octanol–water partition coefficient (Wildman–Crippen LogP) is -0.544. The highest BCUT2D eigenvalue weighted by atomic mass is 16.5. The number of nitrogens with zero attached hydrogens (tertiary/aromatic N) is 2. The molecule has 2 fully saturated rings. The smallest absolute Gasteiger partial charge is 0.322 e. The zero-order chi connectivity index (χ0) is 13.7. The van der Waals surface area contributed by atoms with E-state index in [1.165, 1.54) is 0 Å². The second kappa shape index (κ2) is 7.19. The van der Waals surface area contributed by atoms with Crippen LogP contribution in [0.1, 0.15) is 13.3 Å². The highest BCUT2D eigenvalue weighted by Crippen LogP contribution is 2.17. The lowest BCUT2D eigenvalue weighted by atomic mass is 10.2. The molecule has 2 rings (SSSR count). The van der Waals surface area contributed by atoms with Crippen LogP contribution in [0.2, 0.25) is 0 Å². The summed E-state index contributed by atoms with van der Waals surface area (Å²) >= 11 is 0. The van der Waals surface area contributed by atoms with Crippen molar-refractivity contribution in [2.45, 2.75) is 25.4 Å². The molecule has 2 unspecified atom stereocenters. The molecule has 0 aromatic heterocycles. The van der Waals surface area contributed by atoms with Crippen molar-refractivity contribution in [3.05, 3.63) is 0 Å². The minimum Gasteiger partial charge on any atom is -0.480 e. The van der Waals surface area contributed by atoms with Gasteiger partial charge >= 0.3 is 5.97 Å². The summed E-state index contributed by atoms with van der Waals surface area (Å²) < 4.78 is 5.37. The van der Waals surface area contributed by atoms with E-state index in [4.69, 9.17) is 9.84 Å². The van der Waals surface area contributed by atoms with Crippen molar-refractivity contribution in [2.75, 3.05) is 52.5 Å². The van der Waals surface area contributed by atoms with Crippen LogP contribution in [-0.2, 0) is 9.53 Å². The summed E-state index contributed by atoms with van der Waals surface area (Å²) in [6, 6.07) is 0.119. The number of hydrogen-bond donors (Lipinski definition) is 2. The first-order valence-corrected chi connectivity index (χ1v) is 7.21. The largest absolute Gasteiger partial charge is 0.480 e. The van der Waals surface area contributed by atoms with Crippen molar-refractivity contribution in [3.63, 3.8) is 0 Å². The predicted molar refractivity (Wildman–Crippen MR) is 72.3 cm³/mol. The summed E-state index contributed by atoms with van der Waals surface area (Å²) in [4.78, 5) is 15.9. The summed E-state index contributed by atoms with van der Waals surface area (Å²) in [6.07, 6.45) is 1.14. The summed E-state index contributed by atoms with van der Waals surface area (Å²) in [5, 5.41) is 12.2. The van der Waals surface area contributed by atoms with E-state index in [1.54, 1.807) is 0 Å². The Kier molecular flexibility index (Phi) is 5.57. The third-order valence-electron chi connectivity index (χ3n) is 4.00. The molecule has 2 atom stereocenters. The van der Waals surface area contributed by atoms with Crippen LogP contribution >= 0.6 is 0 Å². The average Bonchev–Trinajstić information content (AvgIpc) is 2.88. The first kappa shape index (κ1) is 14.7. The lowest BCUT2D eigenvalue weighted by Crippen LogP contribution is -2.48. The Bertz CT molecular complexity index is 295. The Morgan fingerprint density at radius 1 is 1.42 bits per heavy atom. The van der Waals surface area contributed by atoms with Gasteiger partial charge in [-0.2, -0.15) is 0 Å². The van der Waals surface area contributed by atoms with Gasteiger partial charge in [0.15, 0.2) is 0 Å². The van der Waals surface area contributed by atoms with Crippen LogP contribution in [-0.4, -0.2) is 85.4 Å². The maximum absolute atomic E-state index is 11.1. The maximum Gasteiger partial charge on any atom is 0.322 e. The zero-order valence-corrected chi connectivity index (χ0v) is 11.7. The Hall–Kier alpha value is -0.690. The minimum atomic E-state index is -0.753. The number of nitrogens with one attached hydrogen (secondary N) is 1. The van der Waals surface area contributed by atoms with Gasteiger partial charge in [-0.05, 0) is 19.5 Å². The summed E-state index contributed by atoms with van der Waals surface area (Å²) in [5.74, 6) is -0.753. The van der Waals surface area contributed by atoms with Crippen molar-refractivity contribution in [2.24, 2.45) is 0 Å². The van der Waals surface area contributed by atoms with Gasteiger partial charge in [-0.1, -0.05) is 6.92 Å². The molecule has 6 nitrogen and oxygen atoms in total. The number of hydrogen-bond acceptors (Lipinski definition) is 5. The first-order valence-electron chi connectivity index (χ1n) is 7.21. The molecule has 2 aliphatic rings. The molecule has 0 amide bonds. The normalized spacial score (nSPS) is 27.5. The molecule has 2 aliphatic heterocycles. The fourth-order valence-electron chi connectivity index (χ4n) is 2.95. The van der Waals surface area contributed by atoms with E-state index in [0.29, 0.717) is 19.1 Å². The second-order valence-electron chi connectivity index (χ2n) is 5.30. The van der Waals surface area contributed by atoms with Crippen LogP contribution in [0.3, 0.4) is 0 Å². The van der Waals surface area contributed by atoms with E-state index < -0.39 is 12.0 Å². The van der Waals surface area contributed by atoms with Crippen molar-refractivity contribution >= 4 is 5.97 Å². The minimum absolute atomic E-state index is 0.451. The Morgan fingerprint density at radius 2 is 2.16 bits per heavy atom. The fourth-order valence-corrected chi connectivity index (χ4v) is 2.95. The van der Waals surface area contributed by atoms with Gasteiger partial charge in [0.2, 0.25) is 0 Å². The van der Waals surface area contributed by atoms with Gasteiger partial charge in [0.25, 0.3) is 0 Å². The van der Waals surface area contributed by atoms with Gasteiger partial charge in [-0.15, -0.1) is 0 Å².